The molecule has 0 aliphatic heterocycles. The molecule has 2 aromatic rings. The van der Waals surface area contributed by atoms with Crippen molar-refractivity contribution in [3.05, 3.63) is 42.0 Å². The van der Waals surface area contributed by atoms with Crippen molar-refractivity contribution in [2.75, 3.05) is 13.2 Å². The highest BCUT2D eigenvalue weighted by atomic mass is 16.5. The molecule has 0 saturated heterocycles. The van der Waals surface area contributed by atoms with E-state index in [4.69, 9.17) is 4.74 Å². The summed E-state index contributed by atoms with van der Waals surface area (Å²) in [6.45, 7) is 5.58. The van der Waals surface area contributed by atoms with E-state index in [2.05, 4.69) is 30.4 Å². The molecule has 2 rings (SSSR count). The van der Waals surface area contributed by atoms with E-state index in [0.717, 1.165) is 17.7 Å². The molecule has 0 heterocycles. The van der Waals surface area contributed by atoms with Gasteiger partial charge in [0, 0.05) is 18.2 Å². The Labute approximate surface area is 120 Å². The number of hydrogen-bond donors (Lipinski definition) is 2. The Morgan fingerprint density at radius 2 is 1.95 bits per heavy atom. The van der Waals surface area contributed by atoms with Crippen molar-refractivity contribution in [2.45, 2.75) is 32.9 Å². The lowest BCUT2D eigenvalue weighted by Gasteiger charge is -2.18. The third kappa shape index (κ3) is 3.30. The predicted molar refractivity (Wildman–Crippen MR) is 83.1 cm³/mol. The standard InChI is InChI=1S/C17H23NO2/c1-3-14(12-19)18-11-16-15-8-6-5-7-13(15)9-10-17(16)20-4-2/h5-10,14,18-19H,3-4,11-12H2,1-2H3/t14-/m0/s1. The van der Waals surface area contributed by atoms with E-state index in [0.29, 0.717) is 13.2 Å². The van der Waals surface area contributed by atoms with Crippen LogP contribution in [0.15, 0.2) is 36.4 Å². The minimum atomic E-state index is 0.128. The lowest BCUT2D eigenvalue weighted by Crippen LogP contribution is -2.31. The average Bonchev–Trinajstić information content (AvgIpc) is 2.50. The number of ether oxygens (including phenoxy) is 1. The van der Waals surface area contributed by atoms with Gasteiger partial charge < -0.3 is 15.2 Å². The quantitative estimate of drug-likeness (QED) is 0.814. The third-order valence-electron chi connectivity index (χ3n) is 3.58. The fourth-order valence-corrected chi connectivity index (χ4v) is 2.37. The average molecular weight is 273 g/mol. The Hall–Kier alpha value is -1.58. The Morgan fingerprint density at radius 1 is 1.15 bits per heavy atom. The third-order valence-corrected chi connectivity index (χ3v) is 3.58. The molecule has 3 heteroatoms. The van der Waals surface area contributed by atoms with Crippen LogP contribution in [0.2, 0.25) is 0 Å². The molecular weight excluding hydrogens is 250 g/mol. The van der Waals surface area contributed by atoms with E-state index in [1.54, 1.807) is 0 Å². The lowest BCUT2D eigenvalue weighted by molar-refractivity contribution is 0.237. The number of rotatable bonds is 7. The second kappa shape index (κ2) is 7.27. The van der Waals surface area contributed by atoms with Gasteiger partial charge in [0.05, 0.1) is 13.2 Å². The zero-order valence-corrected chi connectivity index (χ0v) is 12.2. The van der Waals surface area contributed by atoms with Crippen molar-refractivity contribution in [1.82, 2.24) is 5.32 Å². The van der Waals surface area contributed by atoms with Gasteiger partial charge in [0.1, 0.15) is 5.75 Å². The van der Waals surface area contributed by atoms with E-state index < -0.39 is 0 Å². The molecule has 0 aliphatic carbocycles. The first kappa shape index (κ1) is 14.8. The van der Waals surface area contributed by atoms with Gasteiger partial charge in [-0.3, -0.25) is 0 Å². The molecule has 3 nitrogen and oxygen atoms in total. The lowest BCUT2D eigenvalue weighted by atomic mass is 10.0. The summed E-state index contributed by atoms with van der Waals surface area (Å²) in [5.41, 5.74) is 1.16. The van der Waals surface area contributed by atoms with Gasteiger partial charge in [-0.15, -0.1) is 0 Å². The van der Waals surface area contributed by atoms with Gasteiger partial charge in [-0.2, -0.15) is 0 Å². The number of benzene rings is 2. The molecule has 20 heavy (non-hydrogen) atoms. The van der Waals surface area contributed by atoms with Crippen LogP contribution in [0.3, 0.4) is 0 Å². The molecule has 0 fully saturated rings. The zero-order valence-electron chi connectivity index (χ0n) is 12.2. The van der Waals surface area contributed by atoms with E-state index in [1.165, 1.54) is 10.8 Å². The van der Waals surface area contributed by atoms with Crippen LogP contribution in [0.4, 0.5) is 0 Å². The van der Waals surface area contributed by atoms with Gasteiger partial charge in [0.15, 0.2) is 0 Å². The van der Waals surface area contributed by atoms with Gasteiger partial charge in [-0.25, -0.2) is 0 Å². The maximum atomic E-state index is 9.30. The van der Waals surface area contributed by atoms with E-state index in [1.807, 2.05) is 25.1 Å². The Morgan fingerprint density at radius 3 is 2.65 bits per heavy atom. The molecule has 1 atom stereocenters. The summed E-state index contributed by atoms with van der Waals surface area (Å²) >= 11 is 0. The fourth-order valence-electron chi connectivity index (χ4n) is 2.37. The molecule has 108 valence electrons. The molecule has 0 amide bonds. The number of nitrogens with one attached hydrogen (secondary N) is 1. The second-order valence-corrected chi connectivity index (χ2v) is 4.87. The molecule has 0 spiro atoms. The summed E-state index contributed by atoms with van der Waals surface area (Å²) in [4.78, 5) is 0. The molecule has 0 aromatic heterocycles. The largest absolute Gasteiger partial charge is 0.494 e. The van der Waals surface area contributed by atoms with Gasteiger partial charge in [-0.1, -0.05) is 37.3 Å². The van der Waals surface area contributed by atoms with Crippen LogP contribution in [0.5, 0.6) is 5.75 Å². The topological polar surface area (TPSA) is 41.5 Å². The van der Waals surface area contributed by atoms with E-state index in [9.17, 15) is 5.11 Å². The summed E-state index contributed by atoms with van der Waals surface area (Å²) in [5, 5.41) is 15.1. The highest BCUT2D eigenvalue weighted by Gasteiger charge is 2.10. The molecular formula is C17H23NO2. The molecule has 0 saturated carbocycles. The summed E-state index contributed by atoms with van der Waals surface area (Å²) in [6, 6.07) is 12.6. The van der Waals surface area contributed by atoms with Crippen LogP contribution < -0.4 is 10.1 Å². The molecule has 2 N–H and O–H groups in total. The zero-order chi connectivity index (χ0) is 14.4. The maximum absolute atomic E-state index is 9.30. The highest BCUT2D eigenvalue weighted by Crippen LogP contribution is 2.28. The second-order valence-electron chi connectivity index (χ2n) is 4.87. The van der Waals surface area contributed by atoms with Gasteiger partial charge in [0.25, 0.3) is 0 Å². The normalized spacial score (nSPS) is 12.6. The predicted octanol–water partition coefficient (Wildman–Crippen LogP) is 3.10. The number of hydrogen-bond acceptors (Lipinski definition) is 3. The molecule has 2 aromatic carbocycles. The number of aliphatic hydroxyl groups excluding tert-OH is 1. The first-order valence-corrected chi connectivity index (χ1v) is 7.27. The van der Waals surface area contributed by atoms with Crippen molar-refractivity contribution in [3.63, 3.8) is 0 Å². The maximum Gasteiger partial charge on any atom is 0.124 e. The smallest absolute Gasteiger partial charge is 0.124 e. The summed E-state index contributed by atoms with van der Waals surface area (Å²) in [5.74, 6) is 0.923. The Balaban J connectivity index is 2.33. The molecule has 0 unspecified atom stereocenters. The minimum absolute atomic E-state index is 0.128. The van der Waals surface area contributed by atoms with Crippen molar-refractivity contribution in [1.29, 1.82) is 0 Å². The number of fused-ring (bicyclic) bond motifs is 1. The summed E-state index contributed by atoms with van der Waals surface area (Å²) < 4.78 is 5.74. The van der Waals surface area contributed by atoms with Gasteiger partial charge in [-0.05, 0) is 30.2 Å². The first-order chi connectivity index (χ1) is 9.80. The van der Waals surface area contributed by atoms with Crippen molar-refractivity contribution in [2.24, 2.45) is 0 Å². The SMILES string of the molecule is CCOc1ccc2ccccc2c1CN[C@@H](CC)CO. The monoisotopic (exact) mass is 273 g/mol. The molecule has 0 bridgehead atoms. The molecule has 0 aliphatic rings. The fraction of sp³-hybridized carbons (Fsp3) is 0.412. The minimum Gasteiger partial charge on any atom is -0.494 e. The summed E-state index contributed by atoms with van der Waals surface area (Å²) in [7, 11) is 0. The van der Waals surface area contributed by atoms with E-state index >= 15 is 0 Å². The van der Waals surface area contributed by atoms with Gasteiger partial charge in [0.2, 0.25) is 0 Å². The van der Waals surface area contributed by atoms with Crippen molar-refractivity contribution < 1.29 is 9.84 Å². The highest BCUT2D eigenvalue weighted by molar-refractivity contribution is 5.87. The van der Waals surface area contributed by atoms with E-state index in [-0.39, 0.29) is 12.6 Å². The van der Waals surface area contributed by atoms with Crippen molar-refractivity contribution >= 4 is 10.8 Å². The number of aliphatic hydroxyl groups is 1. The molecule has 0 radical (unpaired) electrons. The van der Waals surface area contributed by atoms with Crippen LogP contribution in [0, 0.1) is 0 Å². The van der Waals surface area contributed by atoms with Crippen LogP contribution in [-0.2, 0) is 6.54 Å². The Bertz CT molecular complexity index is 550. The van der Waals surface area contributed by atoms with Gasteiger partial charge >= 0.3 is 0 Å². The summed E-state index contributed by atoms with van der Waals surface area (Å²) in [6.07, 6.45) is 0.908. The van der Waals surface area contributed by atoms with Crippen molar-refractivity contribution in [3.8, 4) is 5.75 Å². The van der Waals surface area contributed by atoms with Crippen LogP contribution in [-0.4, -0.2) is 24.4 Å². The first-order valence-electron chi connectivity index (χ1n) is 7.27. The Kier molecular flexibility index (Phi) is 5.39. The van der Waals surface area contributed by atoms with Crippen LogP contribution >= 0.6 is 0 Å². The van der Waals surface area contributed by atoms with Crippen LogP contribution in [0.1, 0.15) is 25.8 Å². The van der Waals surface area contributed by atoms with Crippen LogP contribution in [0.25, 0.3) is 10.8 Å².